The SMILES string of the molecule is Cc1c(NS(=O)(=O)c2cccc([N+](=O)[O-])c2C)cccc1C(N)=O. The van der Waals surface area contributed by atoms with E-state index in [0.29, 0.717) is 5.56 Å². The minimum atomic E-state index is -4.07. The summed E-state index contributed by atoms with van der Waals surface area (Å²) < 4.78 is 27.5. The normalized spacial score (nSPS) is 11.1. The number of nitrogens with two attached hydrogens (primary N) is 1. The van der Waals surface area contributed by atoms with Gasteiger partial charge in [0.2, 0.25) is 5.91 Å². The quantitative estimate of drug-likeness (QED) is 0.630. The molecule has 0 aliphatic rings. The molecule has 0 aromatic heterocycles. The molecule has 2 rings (SSSR count). The summed E-state index contributed by atoms with van der Waals surface area (Å²) in [5.41, 5.74) is 5.72. The summed E-state index contributed by atoms with van der Waals surface area (Å²) in [6.45, 7) is 2.91. The zero-order chi connectivity index (χ0) is 18.1. The highest BCUT2D eigenvalue weighted by Gasteiger charge is 2.24. The zero-order valence-corrected chi connectivity index (χ0v) is 13.8. The van der Waals surface area contributed by atoms with E-state index in [0.717, 1.165) is 0 Å². The van der Waals surface area contributed by atoms with Crippen LogP contribution >= 0.6 is 0 Å². The Morgan fingerprint density at radius 3 is 2.33 bits per heavy atom. The van der Waals surface area contributed by atoms with E-state index in [1.54, 1.807) is 6.92 Å². The van der Waals surface area contributed by atoms with Gasteiger partial charge < -0.3 is 5.73 Å². The molecule has 0 saturated heterocycles. The number of primary amides is 1. The van der Waals surface area contributed by atoms with Crippen molar-refractivity contribution in [3.05, 3.63) is 63.2 Å². The second kappa shape index (κ2) is 6.28. The number of hydrogen-bond donors (Lipinski definition) is 2. The van der Waals surface area contributed by atoms with Crippen molar-refractivity contribution in [3.8, 4) is 0 Å². The molecule has 0 bridgehead atoms. The lowest BCUT2D eigenvalue weighted by Crippen LogP contribution is -2.18. The Labute approximate surface area is 138 Å². The predicted octanol–water partition coefficient (Wildman–Crippen LogP) is 2.11. The maximum absolute atomic E-state index is 12.6. The fourth-order valence-electron chi connectivity index (χ4n) is 2.30. The second-order valence-electron chi connectivity index (χ2n) is 5.11. The zero-order valence-electron chi connectivity index (χ0n) is 12.9. The van der Waals surface area contributed by atoms with Gasteiger partial charge in [-0.15, -0.1) is 0 Å². The molecular weight excluding hydrogens is 334 g/mol. The standard InChI is InChI=1S/C15H15N3O5S/c1-9-11(15(16)19)5-3-6-12(9)17-24(22,23)14-8-4-7-13(10(14)2)18(20)21/h3-8,17H,1-2H3,(H2,16,19). The topological polar surface area (TPSA) is 132 Å². The molecule has 2 aromatic carbocycles. The van der Waals surface area contributed by atoms with Gasteiger partial charge in [-0.3, -0.25) is 19.6 Å². The van der Waals surface area contributed by atoms with Crippen LogP contribution in [0.3, 0.4) is 0 Å². The molecule has 1 amide bonds. The van der Waals surface area contributed by atoms with Crippen LogP contribution < -0.4 is 10.5 Å². The van der Waals surface area contributed by atoms with E-state index in [9.17, 15) is 23.3 Å². The van der Waals surface area contributed by atoms with Gasteiger partial charge in [-0.05, 0) is 37.6 Å². The average molecular weight is 349 g/mol. The number of nitro groups is 1. The minimum absolute atomic E-state index is 0.0266. The molecule has 0 fully saturated rings. The third-order valence-electron chi connectivity index (χ3n) is 3.59. The Morgan fingerprint density at radius 2 is 1.75 bits per heavy atom. The van der Waals surface area contributed by atoms with Crippen LogP contribution in [0.1, 0.15) is 21.5 Å². The number of sulfonamides is 1. The first-order chi connectivity index (χ1) is 11.1. The molecule has 0 atom stereocenters. The molecule has 0 radical (unpaired) electrons. The maximum atomic E-state index is 12.6. The molecular formula is C15H15N3O5S. The summed E-state index contributed by atoms with van der Waals surface area (Å²) in [4.78, 5) is 21.5. The Kier molecular flexibility index (Phi) is 4.56. The monoisotopic (exact) mass is 349 g/mol. The minimum Gasteiger partial charge on any atom is -0.366 e. The van der Waals surface area contributed by atoms with Crippen molar-refractivity contribution in [3.63, 3.8) is 0 Å². The van der Waals surface area contributed by atoms with Crippen molar-refractivity contribution in [2.75, 3.05) is 4.72 Å². The molecule has 0 aliphatic heterocycles. The van der Waals surface area contributed by atoms with E-state index in [-0.39, 0.29) is 27.4 Å². The second-order valence-corrected chi connectivity index (χ2v) is 6.76. The van der Waals surface area contributed by atoms with Crippen LogP contribution in [0.5, 0.6) is 0 Å². The molecule has 126 valence electrons. The lowest BCUT2D eigenvalue weighted by molar-refractivity contribution is -0.385. The number of nitrogens with zero attached hydrogens (tertiary/aromatic N) is 1. The summed E-state index contributed by atoms with van der Waals surface area (Å²) in [5, 5.41) is 11.0. The van der Waals surface area contributed by atoms with Gasteiger partial charge in [-0.1, -0.05) is 12.1 Å². The van der Waals surface area contributed by atoms with Crippen molar-refractivity contribution in [2.24, 2.45) is 5.73 Å². The molecule has 9 heteroatoms. The van der Waals surface area contributed by atoms with Gasteiger partial charge in [0.15, 0.2) is 0 Å². The van der Waals surface area contributed by atoms with E-state index >= 15 is 0 Å². The van der Waals surface area contributed by atoms with Crippen LogP contribution in [-0.2, 0) is 10.0 Å². The van der Waals surface area contributed by atoms with E-state index < -0.39 is 20.9 Å². The Morgan fingerprint density at radius 1 is 1.12 bits per heavy atom. The first kappa shape index (κ1) is 17.4. The predicted molar refractivity (Wildman–Crippen MR) is 88.3 cm³/mol. The van der Waals surface area contributed by atoms with Crippen LogP contribution in [-0.4, -0.2) is 19.2 Å². The molecule has 3 N–H and O–H groups in total. The number of rotatable bonds is 5. The molecule has 0 aliphatic carbocycles. The highest BCUT2D eigenvalue weighted by Crippen LogP contribution is 2.28. The number of nitrogens with one attached hydrogen (secondary N) is 1. The van der Waals surface area contributed by atoms with Crippen LogP contribution in [0.25, 0.3) is 0 Å². The highest BCUT2D eigenvalue weighted by molar-refractivity contribution is 7.92. The molecule has 0 heterocycles. The Hall–Kier alpha value is -2.94. The van der Waals surface area contributed by atoms with Crippen LogP contribution in [0.2, 0.25) is 0 Å². The Balaban J connectivity index is 2.51. The molecule has 0 spiro atoms. The first-order valence-electron chi connectivity index (χ1n) is 6.81. The molecule has 0 saturated carbocycles. The van der Waals surface area contributed by atoms with Gasteiger partial charge in [0.05, 0.1) is 15.5 Å². The first-order valence-corrected chi connectivity index (χ1v) is 8.29. The van der Waals surface area contributed by atoms with Crippen molar-refractivity contribution in [1.82, 2.24) is 0 Å². The van der Waals surface area contributed by atoms with Crippen LogP contribution in [0.4, 0.5) is 11.4 Å². The van der Waals surface area contributed by atoms with Gasteiger partial charge in [0.25, 0.3) is 15.7 Å². The Bertz CT molecular complexity index is 938. The third kappa shape index (κ3) is 3.20. The van der Waals surface area contributed by atoms with Gasteiger partial charge in [0.1, 0.15) is 0 Å². The number of benzene rings is 2. The maximum Gasteiger partial charge on any atom is 0.273 e. The fourth-order valence-corrected chi connectivity index (χ4v) is 3.69. The number of amides is 1. The number of anilines is 1. The van der Waals surface area contributed by atoms with Gasteiger partial charge in [-0.25, -0.2) is 8.42 Å². The number of carbonyl (C=O) groups is 1. The largest absolute Gasteiger partial charge is 0.366 e. The van der Waals surface area contributed by atoms with Crippen molar-refractivity contribution >= 4 is 27.3 Å². The van der Waals surface area contributed by atoms with Crippen LogP contribution in [0, 0.1) is 24.0 Å². The highest BCUT2D eigenvalue weighted by atomic mass is 32.2. The van der Waals surface area contributed by atoms with Crippen molar-refractivity contribution < 1.29 is 18.1 Å². The van der Waals surface area contributed by atoms with E-state index in [1.807, 2.05) is 0 Å². The van der Waals surface area contributed by atoms with Crippen molar-refractivity contribution in [2.45, 2.75) is 18.7 Å². The molecule has 0 unspecified atom stereocenters. The van der Waals surface area contributed by atoms with E-state index in [4.69, 9.17) is 5.73 Å². The lowest BCUT2D eigenvalue weighted by atomic mass is 10.1. The summed E-state index contributed by atoms with van der Waals surface area (Å²) in [7, 11) is -4.07. The third-order valence-corrected chi connectivity index (χ3v) is 5.10. The van der Waals surface area contributed by atoms with E-state index in [1.165, 1.54) is 43.3 Å². The molecule has 2 aromatic rings. The summed E-state index contributed by atoms with van der Waals surface area (Å²) >= 11 is 0. The van der Waals surface area contributed by atoms with Crippen molar-refractivity contribution in [1.29, 1.82) is 0 Å². The number of carbonyl (C=O) groups excluding carboxylic acids is 1. The number of nitro benzene ring substituents is 1. The van der Waals surface area contributed by atoms with Crippen LogP contribution in [0.15, 0.2) is 41.3 Å². The molecule has 8 nitrogen and oxygen atoms in total. The molecule has 24 heavy (non-hydrogen) atoms. The van der Waals surface area contributed by atoms with Gasteiger partial charge >= 0.3 is 0 Å². The van der Waals surface area contributed by atoms with Gasteiger partial charge in [-0.2, -0.15) is 0 Å². The smallest absolute Gasteiger partial charge is 0.273 e. The number of hydrogen-bond acceptors (Lipinski definition) is 5. The summed E-state index contributed by atoms with van der Waals surface area (Å²) in [6.07, 6.45) is 0. The average Bonchev–Trinajstić information content (AvgIpc) is 2.48. The van der Waals surface area contributed by atoms with E-state index in [2.05, 4.69) is 4.72 Å². The van der Waals surface area contributed by atoms with Gasteiger partial charge in [0, 0.05) is 17.2 Å². The summed E-state index contributed by atoms with van der Waals surface area (Å²) in [5.74, 6) is -0.680. The summed E-state index contributed by atoms with van der Waals surface area (Å²) in [6, 6.07) is 8.25. The lowest BCUT2D eigenvalue weighted by Gasteiger charge is -2.13. The fraction of sp³-hybridized carbons (Fsp3) is 0.133.